The molecule has 0 atom stereocenters. The number of para-hydroxylation sites is 2. The Bertz CT molecular complexity index is 1550. The Morgan fingerprint density at radius 2 is 1.86 bits per heavy atom. The molecule has 36 heavy (non-hydrogen) atoms. The average Bonchev–Trinajstić information content (AvgIpc) is 3.21. The van der Waals surface area contributed by atoms with E-state index in [9.17, 15) is 4.79 Å². The second kappa shape index (κ2) is 10.8. The molecule has 0 aliphatic heterocycles. The van der Waals surface area contributed by atoms with Gasteiger partial charge in [-0.15, -0.1) is 0 Å². The van der Waals surface area contributed by atoms with Crippen LogP contribution in [0.3, 0.4) is 0 Å². The van der Waals surface area contributed by atoms with Crippen molar-refractivity contribution in [2.45, 2.75) is 6.92 Å². The first kappa shape index (κ1) is 24.0. The number of oxazole rings is 1. The van der Waals surface area contributed by atoms with Gasteiger partial charge in [0.1, 0.15) is 11.3 Å². The van der Waals surface area contributed by atoms with E-state index in [2.05, 4.69) is 25.7 Å². The molecule has 11 heteroatoms. The van der Waals surface area contributed by atoms with Crippen molar-refractivity contribution in [2.24, 2.45) is 0 Å². The van der Waals surface area contributed by atoms with Gasteiger partial charge >= 0.3 is 5.76 Å². The molecule has 3 heterocycles. The summed E-state index contributed by atoms with van der Waals surface area (Å²) in [5.41, 5.74) is 7.61. The van der Waals surface area contributed by atoms with Crippen molar-refractivity contribution in [2.75, 3.05) is 17.9 Å². The fourth-order valence-electron chi connectivity index (χ4n) is 3.46. The van der Waals surface area contributed by atoms with Crippen LogP contribution in [0.4, 0.5) is 17.5 Å². The van der Waals surface area contributed by atoms with Gasteiger partial charge in [-0.3, -0.25) is 15.2 Å². The van der Waals surface area contributed by atoms with Gasteiger partial charge in [0.2, 0.25) is 5.95 Å². The Kier molecular flexibility index (Phi) is 7.20. The van der Waals surface area contributed by atoms with Crippen LogP contribution in [0.2, 0.25) is 0 Å². The van der Waals surface area contributed by atoms with Crippen LogP contribution >= 0.6 is 0 Å². The number of hydrogen-bond donors (Lipinski definition) is 3. The second-order valence-electron chi connectivity index (χ2n) is 7.39. The van der Waals surface area contributed by atoms with Crippen LogP contribution < -0.4 is 21.2 Å². The maximum Gasteiger partial charge on any atom is 0.439 e. The summed E-state index contributed by atoms with van der Waals surface area (Å²) in [6.07, 6.45) is 5.15. The van der Waals surface area contributed by atoms with Crippen LogP contribution in [0.5, 0.6) is 5.75 Å². The fraction of sp³-hybridized carbons (Fsp3) is 0.0800. The summed E-state index contributed by atoms with van der Waals surface area (Å²) in [7, 11) is 1.63. The van der Waals surface area contributed by atoms with Gasteiger partial charge in [0.05, 0.1) is 7.11 Å². The maximum absolute atomic E-state index is 12.3. The molecule has 2 aromatic carbocycles. The highest BCUT2D eigenvalue weighted by molar-refractivity contribution is 5.75. The number of nitrogens with one attached hydrogen (secondary N) is 2. The van der Waals surface area contributed by atoms with Crippen molar-refractivity contribution in [1.82, 2.24) is 19.6 Å². The summed E-state index contributed by atoms with van der Waals surface area (Å²) in [5.74, 6) is 1.01. The van der Waals surface area contributed by atoms with E-state index in [1.54, 1.807) is 37.8 Å². The number of rotatable bonds is 6. The molecule has 3 aromatic heterocycles. The number of aryl methyl sites for hydroxylation is 1. The van der Waals surface area contributed by atoms with E-state index in [-0.39, 0.29) is 6.47 Å². The molecule has 0 amide bonds. The quantitative estimate of drug-likeness (QED) is 0.300. The molecule has 182 valence electrons. The van der Waals surface area contributed by atoms with E-state index in [1.165, 1.54) is 4.68 Å². The van der Waals surface area contributed by atoms with E-state index in [0.717, 1.165) is 22.4 Å². The number of nitrogens with zero attached hydrogens (tertiary/aromatic N) is 4. The third-order valence-corrected chi connectivity index (χ3v) is 5.12. The zero-order chi connectivity index (χ0) is 25.5. The third-order valence-electron chi connectivity index (χ3n) is 5.12. The fourth-order valence-corrected chi connectivity index (χ4v) is 3.46. The molecule has 0 saturated heterocycles. The number of carboxylic acid groups (broad SMARTS) is 1. The van der Waals surface area contributed by atoms with Crippen molar-refractivity contribution in [3.05, 3.63) is 89.3 Å². The topological polar surface area (TPSA) is 144 Å². The first-order valence-electron chi connectivity index (χ1n) is 10.7. The number of fused-ring (bicyclic) bond motifs is 1. The van der Waals surface area contributed by atoms with Gasteiger partial charge in [-0.1, -0.05) is 12.1 Å². The molecular formula is C25H22N6O5. The van der Waals surface area contributed by atoms with Gasteiger partial charge in [-0.05, 0) is 48.9 Å². The number of aromatic nitrogens is 4. The minimum atomic E-state index is -0.528. The largest absolute Gasteiger partial charge is 0.496 e. The summed E-state index contributed by atoms with van der Waals surface area (Å²) >= 11 is 0. The molecule has 0 fully saturated rings. The lowest BCUT2D eigenvalue weighted by molar-refractivity contribution is -0.122. The highest BCUT2D eigenvalue weighted by Gasteiger charge is 2.12. The van der Waals surface area contributed by atoms with Crippen molar-refractivity contribution in [1.29, 1.82) is 0 Å². The zero-order valence-electron chi connectivity index (χ0n) is 19.4. The van der Waals surface area contributed by atoms with E-state index >= 15 is 0 Å². The number of ether oxygens (including phenoxy) is 1. The molecule has 0 spiro atoms. The molecule has 0 radical (unpaired) electrons. The minimum Gasteiger partial charge on any atom is -0.496 e. The molecule has 0 unspecified atom stereocenters. The molecule has 3 N–H and O–H groups in total. The van der Waals surface area contributed by atoms with Crippen molar-refractivity contribution < 1.29 is 19.1 Å². The van der Waals surface area contributed by atoms with Crippen molar-refractivity contribution in [3.63, 3.8) is 0 Å². The summed E-state index contributed by atoms with van der Waals surface area (Å²) in [6, 6.07) is 16.8. The molecule has 0 saturated carbocycles. The van der Waals surface area contributed by atoms with E-state index in [4.69, 9.17) is 19.1 Å². The number of hydrogen-bond acceptors (Lipinski definition) is 9. The Morgan fingerprint density at radius 1 is 1.11 bits per heavy atom. The zero-order valence-corrected chi connectivity index (χ0v) is 19.4. The standard InChI is InChI=1S/C24H20N6O3.CH2O2/c1-15-14-26-23(28-22(15)29-30-19-5-3-4-6-20(19)33-24(30)31)27-17-7-8-18(21(13-17)32-2)16-9-11-25-12-10-16;2-1-3/h3-14H,1-2H3,(H2,26,27,28,29);1H,(H,2,3). The lowest BCUT2D eigenvalue weighted by Crippen LogP contribution is -2.23. The highest BCUT2D eigenvalue weighted by atomic mass is 16.5. The van der Waals surface area contributed by atoms with E-state index < -0.39 is 5.76 Å². The number of benzene rings is 2. The molecule has 5 rings (SSSR count). The lowest BCUT2D eigenvalue weighted by atomic mass is 10.1. The predicted octanol–water partition coefficient (Wildman–Crippen LogP) is 4.08. The Balaban J connectivity index is 0.000000967. The summed E-state index contributed by atoms with van der Waals surface area (Å²) < 4.78 is 12.2. The smallest absolute Gasteiger partial charge is 0.439 e. The van der Waals surface area contributed by atoms with Gasteiger partial charge in [0, 0.05) is 41.5 Å². The lowest BCUT2D eigenvalue weighted by Gasteiger charge is -2.13. The van der Waals surface area contributed by atoms with E-state index in [1.807, 2.05) is 49.4 Å². The highest BCUT2D eigenvalue weighted by Crippen LogP contribution is 2.33. The SMILES string of the molecule is COc1cc(Nc2ncc(C)c(Nn3c(=O)oc4ccccc43)n2)ccc1-c1ccncc1.O=CO. The van der Waals surface area contributed by atoms with Gasteiger partial charge in [0.15, 0.2) is 11.4 Å². The summed E-state index contributed by atoms with van der Waals surface area (Å²) in [6.45, 7) is 1.60. The average molecular weight is 486 g/mol. The van der Waals surface area contributed by atoms with Crippen molar-refractivity contribution >= 4 is 35.0 Å². The Labute approximate surface area is 205 Å². The van der Waals surface area contributed by atoms with Crippen molar-refractivity contribution in [3.8, 4) is 16.9 Å². The van der Waals surface area contributed by atoms with Crippen LogP contribution in [0.1, 0.15) is 5.56 Å². The molecule has 0 aliphatic carbocycles. The van der Waals surface area contributed by atoms with Crippen LogP contribution in [-0.4, -0.2) is 38.3 Å². The maximum atomic E-state index is 12.3. The molecule has 5 aromatic rings. The molecular weight excluding hydrogens is 464 g/mol. The number of anilines is 3. The Hall–Kier alpha value is -5.19. The number of methoxy groups -OCH3 is 1. The van der Waals surface area contributed by atoms with Gasteiger partial charge in [-0.2, -0.15) is 9.66 Å². The molecule has 0 bridgehead atoms. The van der Waals surface area contributed by atoms with Crippen LogP contribution in [-0.2, 0) is 4.79 Å². The first-order valence-corrected chi connectivity index (χ1v) is 10.7. The predicted molar refractivity (Wildman–Crippen MR) is 134 cm³/mol. The minimum absolute atomic E-state index is 0.250. The molecule has 11 nitrogen and oxygen atoms in total. The summed E-state index contributed by atoms with van der Waals surface area (Å²) in [4.78, 5) is 33.6. The van der Waals surface area contributed by atoms with Crippen LogP contribution in [0, 0.1) is 6.92 Å². The second-order valence-corrected chi connectivity index (χ2v) is 7.39. The first-order chi connectivity index (χ1) is 17.5. The Morgan fingerprint density at radius 3 is 2.61 bits per heavy atom. The monoisotopic (exact) mass is 486 g/mol. The van der Waals surface area contributed by atoms with Crippen LogP contribution in [0.15, 0.2) is 82.4 Å². The van der Waals surface area contributed by atoms with Gasteiger partial charge < -0.3 is 19.6 Å². The van der Waals surface area contributed by atoms with Gasteiger partial charge in [0.25, 0.3) is 6.47 Å². The third kappa shape index (κ3) is 5.14. The van der Waals surface area contributed by atoms with Crippen LogP contribution in [0.25, 0.3) is 22.2 Å². The van der Waals surface area contributed by atoms with Gasteiger partial charge in [-0.25, -0.2) is 9.78 Å². The number of pyridine rings is 1. The molecule has 0 aliphatic rings. The number of carbonyl (C=O) groups is 1. The summed E-state index contributed by atoms with van der Waals surface area (Å²) in [5, 5.41) is 10.1. The van der Waals surface area contributed by atoms with E-state index in [0.29, 0.717) is 28.6 Å². The normalized spacial score (nSPS) is 10.3.